The minimum atomic E-state index is -2.13. The first-order chi connectivity index (χ1) is 11.0. The van der Waals surface area contributed by atoms with Gasteiger partial charge >= 0.3 is 14.6 Å². The Labute approximate surface area is 142 Å². The summed E-state index contributed by atoms with van der Waals surface area (Å²) >= 11 is 4.23. The first kappa shape index (κ1) is 19.8. The van der Waals surface area contributed by atoms with Gasteiger partial charge < -0.3 is 24.7 Å². The van der Waals surface area contributed by atoms with Crippen molar-refractivity contribution in [3.8, 4) is 11.1 Å². The monoisotopic (exact) mass is 334 g/mol. The Morgan fingerprint density at radius 2 is 1.30 bits per heavy atom. The van der Waals surface area contributed by atoms with E-state index in [-0.39, 0.29) is 0 Å². The highest BCUT2D eigenvalue weighted by Crippen LogP contribution is 2.19. The van der Waals surface area contributed by atoms with E-state index in [9.17, 15) is 0 Å². The second-order valence-electron chi connectivity index (χ2n) is 4.68. The molecule has 8 heteroatoms. The van der Waals surface area contributed by atoms with Crippen LogP contribution in [0.15, 0.2) is 54.6 Å². The van der Waals surface area contributed by atoms with Crippen molar-refractivity contribution in [1.82, 2.24) is 0 Å². The lowest BCUT2D eigenvalue weighted by molar-refractivity contribution is 0.213. The summed E-state index contributed by atoms with van der Waals surface area (Å²) in [7, 11) is -4.25. The number of aryl methyl sites for hydroxylation is 1. The predicted molar refractivity (Wildman–Crippen MR) is 95.5 cm³/mol. The summed E-state index contributed by atoms with van der Waals surface area (Å²) in [6.07, 6.45) is 2.27. The average molecular weight is 334 g/mol. The Balaban J connectivity index is 0.000000322. The number of rotatable bonds is 6. The van der Waals surface area contributed by atoms with Crippen molar-refractivity contribution < 1.29 is 24.7 Å². The molecular formula is C15H20B2O5S. The maximum absolute atomic E-state index is 7.74. The van der Waals surface area contributed by atoms with Gasteiger partial charge in [0, 0.05) is 0 Å². The van der Waals surface area contributed by atoms with Crippen LogP contribution in [0.4, 0.5) is 0 Å². The molecule has 0 amide bonds. The Morgan fingerprint density at radius 1 is 0.783 bits per heavy atom. The molecule has 0 radical (unpaired) electrons. The summed E-state index contributed by atoms with van der Waals surface area (Å²) in [6.45, 7) is 0. The van der Waals surface area contributed by atoms with Crippen LogP contribution in [0.5, 0.6) is 0 Å². The van der Waals surface area contributed by atoms with Crippen LogP contribution in [-0.4, -0.2) is 40.5 Å². The van der Waals surface area contributed by atoms with Gasteiger partial charge in [0.1, 0.15) is 0 Å². The normalized spacial score (nSPS) is 9.78. The minimum absolute atomic E-state index is 0.959. The van der Waals surface area contributed by atoms with Crippen LogP contribution in [0.25, 0.3) is 11.1 Å². The predicted octanol–water partition coefficient (Wildman–Crippen LogP) is 1.16. The largest absolute Gasteiger partial charge is 0.621 e. The third-order valence-corrected chi connectivity index (χ3v) is 3.24. The van der Waals surface area contributed by atoms with E-state index in [4.69, 9.17) is 20.1 Å². The van der Waals surface area contributed by atoms with Crippen LogP contribution in [0.1, 0.15) is 12.0 Å². The Bertz CT molecular complexity index is 531. The molecule has 23 heavy (non-hydrogen) atoms. The van der Waals surface area contributed by atoms with Crippen LogP contribution < -0.4 is 0 Å². The number of benzene rings is 2. The lowest BCUT2D eigenvalue weighted by atomic mass is 10.0. The minimum Gasteiger partial charge on any atom is -0.402 e. The second-order valence-corrected chi connectivity index (χ2v) is 5.13. The van der Waals surface area contributed by atoms with E-state index in [1.54, 1.807) is 0 Å². The molecule has 0 spiro atoms. The molecule has 0 aliphatic heterocycles. The van der Waals surface area contributed by atoms with Gasteiger partial charge in [-0.2, -0.15) is 12.6 Å². The number of hydrogen-bond donors (Lipinski definition) is 5. The summed E-state index contributed by atoms with van der Waals surface area (Å²) in [5, 5.41) is 30.9. The van der Waals surface area contributed by atoms with Gasteiger partial charge in [-0.3, -0.25) is 0 Å². The lowest BCUT2D eigenvalue weighted by Crippen LogP contribution is -2.28. The molecule has 0 unspecified atom stereocenters. The highest BCUT2D eigenvalue weighted by Gasteiger charge is 2.18. The van der Waals surface area contributed by atoms with Crippen molar-refractivity contribution >= 4 is 27.3 Å². The summed E-state index contributed by atoms with van der Waals surface area (Å²) in [6, 6.07) is 19.3. The smallest absolute Gasteiger partial charge is 0.402 e. The summed E-state index contributed by atoms with van der Waals surface area (Å²) < 4.78 is 3.47. The third-order valence-electron chi connectivity index (χ3n) is 2.93. The standard InChI is InChI=1S/C15H16S.B2H4O5/c16-12-4-5-13-8-10-15(11-9-13)14-6-2-1-3-7-14;3-1(4)7-2(5)6/h1-3,6-11,16H,4-5,12H2;3-6H. The molecule has 0 saturated heterocycles. The van der Waals surface area contributed by atoms with E-state index < -0.39 is 14.6 Å². The van der Waals surface area contributed by atoms with Gasteiger partial charge in [0.2, 0.25) is 0 Å². The zero-order valence-corrected chi connectivity index (χ0v) is 13.5. The molecule has 0 atom stereocenters. The van der Waals surface area contributed by atoms with E-state index >= 15 is 0 Å². The molecular weight excluding hydrogens is 314 g/mol. The summed E-state index contributed by atoms with van der Waals surface area (Å²) in [5.41, 5.74) is 3.96. The molecule has 122 valence electrons. The molecule has 4 N–H and O–H groups in total. The number of hydrogen-bond acceptors (Lipinski definition) is 6. The average Bonchev–Trinajstić information content (AvgIpc) is 2.53. The first-order valence-electron chi connectivity index (χ1n) is 7.16. The van der Waals surface area contributed by atoms with Crippen molar-refractivity contribution in [1.29, 1.82) is 0 Å². The van der Waals surface area contributed by atoms with Crippen LogP contribution in [0, 0.1) is 0 Å². The fraction of sp³-hybridized carbons (Fsp3) is 0.200. The zero-order chi connectivity index (χ0) is 17.1. The highest BCUT2D eigenvalue weighted by atomic mass is 32.1. The van der Waals surface area contributed by atoms with Crippen molar-refractivity contribution in [3.05, 3.63) is 60.2 Å². The van der Waals surface area contributed by atoms with Crippen molar-refractivity contribution in [3.63, 3.8) is 0 Å². The first-order valence-corrected chi connectivity index (χ1v) is 7.79. The second kappa shape index (κ2) is 11.3. The van der Waals surface area contributed by atoms with Crippen LogP contribution >= 0.6 is 12.6 Å². The maximum Gasteiger partial charge on any atom is 0.621 e. The fourth-order valence-electron chi connectivity index (χ4n) is 1.89. The molecule has 5 nitrogen and oxygen atoms in total. The molecule has 0 fully saturated rings. The van der Waals surface area contributed by atoms with Gasteiger partial charge in [-0.05, 0) is 35.3 Å². The molecule has 2 aromatic carbocycles. The van der Waals surface area contributed by atoms with Gasteiger partial charge in [0.05, 0.1) is 0 Å². The van der Waals surface area contributed by atoms with Gasteiger partial charge in [-0.1, -0.05) is 54.6 Å². The van der Waals surface area contributed by atoms with Gasteiger partial charge in [-0.15, -0.1) is 0 Å². The number of thiol groups is 1. The Morgan fingerprint density at radius 3 is 1.74 bits per heavy atom. The highest BCUT2D eigenvalue weighted by molar-refractivity contribution is 7.80. The molecule has 0 saturated carbocycles. The van der Waals surface area contributed by atoms with Crippen molar-refractivity contribution in [2.75, 3.05) is 5.75 Å². The SMILES string of the molecule is OB(O)OB(O)O.SCCCc1ccc(-c2ccccc2)cc1. The van der Waals surface area contributed by atoms with Crippen molar-refractivity contribution in [2.45, 2.75) is 12.8 Å². The molecule has 2 aromatic rings. The maximum atomic E-state index is 7.74. The van der Waals surface area contributed by atoms with E-state index in [0.717, 1.165) is 18.6 Å². The molecule has 0 aliphatic rings. The van der Waals surface area contributed by atoms with E-state index in [2.05, 4.69) is 65.7 Å². The lowest BCUT2D eigenvalue weighted by Gasteiger charge is -2.03. The fourth-order valence-corrected chi connectivity index (χ4v) is 2.04. The van der Waals surface area contributed by atoms with Gasteiger partial charge in [0.25, 0.3) is 0 Å². The van der Waals surface area contributed by atoms with Crippen LogP contribution in [0.3, 0.4) is 0 Å². The van der Waals surface area contributed by atoms with Gasteiger partial charge in [-0.25, -0.2) is 0 Å². The molecule has 2 rings (SSSR count). The van der Waals surface area contributed by atoms with Crippen LogP contribution in [-0.2, 0) is 11.0 Å². The van der Waals surface area contributed by atoms with E-state index in [1.807, 2.05) is 6.07 Å². The third kappa shape index (κ3) is 8.80. The van der Waals surface area contributed by atoms with E-state index in [1.165, 1.54) is 16.7 Å². The molecule has 0 aromatic heterocycles. The quantitative estimate of drug-likeness (QED) is 0.404. The summed E-state index contributed by atoms with van der Waals surface area (Å²) in [4.78, 5) is 0. The van der Waals surface area contributed by atoms with E-state index in [0.29, 0.717) is 0 Å². The van der Waals surface area contributed by atoms with Gasteiger partial charge in [0.15, 0.2) is 0 Å². The zero-order valence-electron chi connectivity index (χ0n) is 12.6. The van der Waals surface area contributed by atoms with Crippen LogP contribution in [0.2, 0.25) is 0 Å². The topological polar surface area (TPSA) is 90.2 Å². The molecule has 0 bridgehead atoms. The van der Waals surface area contributed by atoms with Crippen molar-refractivity contribution in [2.24, 2.45) is 0 Å². The Hall–Kier alpha value is -1.28. The molecule has 0 aliphatic carbocycles. The molecule has 0 heterocycles. The summed E-state index contributed by atoms with van der Waals surface area (Å²) in [5.74, 6) is 0.959. The Kier molecular flexibility index (Phi) is 9.70.